The standard InChI is InChI=1S/C18H22N2O5/c1-20-10-4-5-14(20)18(22)25-12-17(21)19-9-8-13-6-7-15(23-2)16(11-13)24-3/h4-7,10-11H,8-9,12H2,1-3H3,(H,19,21). The zero-order chi connectivity index (χ0) is 18.2. The third-order valence-corrected chi connectivity index (χ3v) is 3.67. The number of nitrogens with zero attached hydrogens (tertiary/aromatic N) is 1. The number of ether oxygens (including phenoxy) is 3. The Hall–Kier alpha value is -2.96. The number of amides is 1. The summed E-state index contributed by atoms with van der Waals surface area (Å²) in [7, 11) is 4.89. The highest BCUT2D eigenvalue weighted by atomic mass is 16.5. The van der Waals surface area contributed by atoms with E-state index >= 15 is 0 Å². The second-order valence-electron chi connectivity index (χ2n) is 5.37. The lowest BCUT2D eigenvalue weighted by Crippen LogP contribution is -2.30. The molecule has 1 heterocycles. The van der Waals surface area contributed by atoms with Gasteiger partial charge in [-0.05, 0) is 36.2 Å². The van der Waals surface area contributed by atoms with Gasteiger partial charge in [0.25, 0.3) is 5.91 Å². The zero-order valence-corrected chi connectivity index (χ0v) is 14.6. The molecule has 0 aliphatic rings. The minimum atomic E-state index is -0.525. The lowest BCUT2D eigenvalue weighted by Gasteiger charge is -2.10. The number of methoxy groups -OCH3 is 2. The SMILES string of the molecule is COc1ccc(CCNC(=O)COC(=O)c2cccn2C)cc1OC. The Morgan fingerprint density at radius 1 is 1.12 bits per heavy atom. The third kappa shape index (κ3) is 5.00. The molecule has 0 aliphatic carbocycles. The van der Waals surface area contributed by atoms with Crippen LogP contribution in [0.4, 0.5) is 0 Å². The van der Waals surface area contributed by atoms with Crippen LogP contribution >= 0.6 is 0 Å². The number of aromatic nitrogens is 1. The molecule has 0 spiro atoms. The van der Waals surface area contributed by atoms with Crippen LogP contribution in [0.5, 0.6) is 11.5 Å². The summed E-state index contributed by atoms with van der Waals surface area (Å²) in [6.45, 7) is 0.117. The smallest absolute Gasteiger partial charge is 0.355 e. The van der Waals surface area contributed by atoms with Gasteiger partial charge in [-0.2, -0.15) is 0 Å². The van der Waals surface area contributed by atoms with Crippen LogP contribution in [0.15, 0.2) is 36.5 Å². The van der Waals surface area contributed by atoms with E-state index in [1.54, 1.807) is 44.2 Å². The quantitative estimate of drug-likeness (QED) is 0.734. The number of hydrogen-bond acceptors (Lipinski definition) is 5. The van der Waals surface area contributed by atoms with Gasteiger partial charge < -0.3 is 24.1 Å². The molecule has 1 aromatic carbocycles. The van der Waals surface area contributed by atoms with Gasteiger partial charge in [-0.3, -0.25) is 4.79 Å². The van der Waals surface area contributed by atoms with Crippen LogP contribution in [0.3, 0.4) is 0 Å². The molecule has 1 amide bonds. The van der Waals surface area contributed by atoms with Crippen molar-refractivity contribution in [1.82, 2.24) is 9.88 Å². The molecule has 7 heteroatoms. The number of rotatable bonds is 8. The first kappa shape index (κ1) is 18.4. The van der Waals surface area contributed by atoms with Crippen LogP contribution in [0.25, 0.3) is 0 Å². The van der Waals surface area contributed by atoms with E-state index in [0.29, 0.717) is 30.2 Å². The van der Waals surface area contributed by atoms with E-state index in [1.165, 1.54) is 0 Å². The van der Waals surface area contributed by atoms with Gasteiger partial charge in [0.2, 0.25) is 0 Å². The number of benzene rings is 1. The minimum absolute atomic E-state index is 0.310. The summed E-state index contributed by atoms with van der Waals surface area (Å²) in [5.41, 5.74) is 1.40. The third-order valence-electron chi connectivity index (χ3n) is 3.67. The summed E-state index contributed by atoms with van der Waals surface area (Å²) in [5.74, 6) is 0.427. The van der Waals surface area contributed by atoms with Gasteiger partial charge >= 0.3 is 5.97 Å². The van der Waals surface area contributed by atoms with E-state index < -0.39 is 5.97 Å². The maximum atomic E-state index is 11.8. The van der Waals surface area contributed by atoms with E-state index in [0.717, 1.165) is 5.56 Å². The Bertz CT molecular complexity index is 739. The lowest BCUT2D eigenvalue weighted by atomic mass is 10.1. The molecule has 0 saturated carbocycles. The van der Waals surface area contributed by atoms with E-state index in [-0.39, 0.29) is 12.5 Å². The van der Waals surface area contributed by atoms with Crippen LogP contribution in [0, 0.1) is 0 Å². The Morgan fingerprint density at radius 2 is 1.88 bits per heavy atom. The van der Waals surface area contributed by atoms with E-state index in [2.05, 4.69) is 5.32 Å². The molecular formula is C18H22N2O5. The van der Waals surface area contributed by atoms with E-state index in [4.69, 9.17) is 14.2 Å². The lowest BCUT2D eigenvalue weighted by molar-refractivity contribution is -0.124. The number of esters is 1. The summed E-state index contributed by atoms with van der Waals surface area (Å²) in [6.07, 6.45) is 2.36. The number of aryl methyl sites for hydroxylation is 1. The van der Waals surface area contributed by atoms with Crippen LogP contribution in [0.2, 0.25) is 0 Å². The molecule has 134 valence electrons. The molecule has 0 fully saturated rings. The molecule has 0 atom stereocenters. The van der Waals surface area contributed by atoms with Crippen molar-refractivity contribution >= 4 is 11.9 Å². The molecule has 7 nitrogen and oxygen atoms in total. The summed E-state index contributed by atoms with van der Waals surface area (Å²) in [6, 6.07) is 8.96. The number of carbonyl (C=O) groups is 2. The molecule has 0 unspecified atom stereocenters. The molecule has 0 bridgehead atoms. The van der Waals surface area contributed by atoms with Crippen molar-refractivity contribution in [3.63, 3.8) is 0 Å². The van der Waals surface area contributed by atoms with E-state index in [9.17, 15) is 9.59 Å². The second kappa shape index (κ2) is 8.77. The van der Waals surface area contributed by atoms with Crippen molar-refractivity contribution < 1.29 is 23.8 Å². The summed E-state index contributed by atoms with van der Waals surface area (Å²) < 4.78 is 17.1. The van der Waals surface area contributed by atoms with Gasteiger partial charge in [-0.15, -0.1) is 0 Å². The first-order valence-electron chi connectivity index (χ1n) is 7.81. The maximum Gasteiger partial charge on any atom is 0.355 e. The monoisotopic (exact) mass is 346 g/mol. The topological polar surface area (TPSA) is 78.8 Å². The van der Waals surface area contributed by atoms with Crippen molar-refractivity contribution in [2.45, 2.75) is 6.42 Å². The fourth-order valence-corrected chi connectivity index (χ4v) is 2.31. The molecule has 0 aliphatic heterocycles. The van der Waals surface area contributed by atoms with Crippen molar-refractivity contribution in [1.29, 1.82) is 0 Å². The Morgan fingerprint density at radius 3 is 2.52 bits per heavy atom. The molecule has 0 saturated heterocycles. The predicted octanol–water partition coefficient (Wildman–Crippen LogP) is 1.56. The highest BCUT2D eigenvalue weighted by Gasteiger charge is 2.12. The normalized spacial score (nSPS) is 10.2. The average molecular weight is 346 g/mol. The number of carbonyl (C=O) groups excluding carboxylic acids is 2. The Kier molecular flexibility index (Phi) is 6.45. The van der Waals surface area contributed by atoms with Crippen LogP contribution < -0.4 is 14.8 Å². The van der Waals surface area contributed by atoms with Crippen molar-refractivity contribution in [2.24, 2.45) is 7.05 Å². The van der Waals surface area contributed by atoms with Crippen molar-refractivity contribution in [2.75, 3.05) is 27.4 Å². The van der Waals surface area contributed by atoms with Crippen molar-refractivity contribution in [3.8, 4) is 11.5 Å². The molecule has 1 aromatic heterocycles. The summed E-state index contributed by atoms with van der Waals surface area (Å²) in [4.78, 5) is 23.6. The predicted molar refractivity (Wildman–Crippen MR) is 92.0 cm³/mol. The first-order chi connectivity index (χ1) is 12.0. The van der Waals surface area contributed by atoms with E-state index in [1.807, 2.05) is 18.2 Å². The molecule has 2 aromatic rings. The highest BCUT2D eigenvalue weighted by Crippen LogP contribution is 2.27. The maximum absolute atomic E-state index is 11.8. The second-order valence-corrected chi connectivity index (χ2v) is 5.37. The molecule has 25 heavy (non-hydrogen) atoms. The van der Waals surface area contributed by atoms with Gasteiger partial charge in [0.05, 0.1) is 14.2 Å². The van der Waals surface area contributed by atoms with Gasteiger partial charge in [0.1, 0.15) is 5.69 Å². The molecule has 2 rings (SSSR count). The fourth-order valence-electron chi connectivity index (χ4n) is 2.31. The zero-order valence-electron chi connectivity index (χ0n) is 14.6. The first-order valence-corrected chi connectivity index (χ1v) is 7.81. The van der Waals surface area contributed by atoms with Gasteiger partial charge in [-0.1, -0.05) is 6.07 Å². The van der Waals surface area contributed by atoms with Gasteiger partial charge in [-0.25, -0.2) is 4.79 Å². The van der Waals surface area contributed by atoms with Crippen LogP contribution in [0.1, 0.15) is 16.1 Å². The highest BCUT2D eigenvalue weighted by molar-refractivity contribution is 5.89. The van der Waals surface area contributed by atoms with Crippen LogP contribution in [-0.2, 0) is 23.0 Å². The van der Waals surface area contributed by atoms with Gasteiger partial charge in [0.15, 0.2) is 18.1 Å². The van der Waals surface area contributed by atoms with Crippen molar-refractivity contribution in [3.05, 3.63) is 47.8 Å². The number of hydrogen-bond donors (Lipinski definition) is 1. The number of nitrogens with one attached hydrogen (secondary N) is 1. The Labute approximate surface area is 146 Å². The largest absolute Gasteiger partial charge is 0.493 e. The molecular weight excluding hydrogens is 324 g/mol. The Balaban J connectivity index is 1.75. The van der Waals surface area contributed by atoms with Crippen LogP contribution in [-0.4, -0.2) is 43.8 Å². The van der Waals surface area contributed by atoms with Gasteiger partial charge in [0, 0.05) is 19.8 Å². The minimum Gasteiger partial charge on any atom is -0.493 e. The average Bonchev–Trinajstić information content (AvgIpc) is 3.05. The summed E-state index contributed by atoms with van der Waals surface area (Å²) >= 11 is 0. The molecule has 0 radical (unpaired) electrons. The summed E-state index contributed by atoms with van der Waals surface area (Å²) in [5, 5.41) is 2.72. The fraction of sp³-hybridized carbons (Fsp3) is 0.333. The molecule has 1 N–H and O–H groups in total.